The number of hydrogen-bond acceptors (Lipinski definition) is 2. The summed E-state index contributed by atoms with van der Waals surface area (Å²) in [5.41, 5.74) is 4.64. The van der Waals surface area contributed by atoms with Gasteiger partial charge in [-0.25, -0.2) is 0 Å². The largest absolute Gasteiger partial charge is 0.465 e. The van der Waals surface area contributed by atoms with Crippen molar-refractivity contribution in [3.05, 3.63) is 35.5 Å². The summed E-state index contributed by atoms with van der Waals surface area (Å²) in [5.74, 6) is 1.80. The van der Waals surface area contributed by atoms with E-state index < -0.39 is 0 Å². The normalized spacial score (nSPS) is 33.7. The van der Waals surface area contributed by atoms with E-state index in [4.69, 9.17) is 4.74 Å². The summed E-state index contributed by atoms with van der Waals surface area (Å²) < 4.78 is 6.64. The molecule has 2 heteroatoms. The maximum absolute atomic E-state index is 6.64. The molecule has 0 bridgehead atoms. The lowest BCUT2D eigenvalue weighted by atomic mass is 9.71. The molecule has 2 aliphatic carbocycles. The molecule has 0 unspecified atom stereocenters. The first-order valence-electron chi connectivity index (χ1n) is 8.68. The zero-order valence-corrected chi connectivity index (χ0v) is 12.6. The monoisotopic (exact) mass is 281 g/mol. The highest BCUT2D eigenvalue weighted by atomic mass is 16.5. The lowest BCUT2D eigenvalue weighted by Crippen LogP contribution is -2.59. The minimum absolute atomic E-state index is 0.0435. The van der Waals surface area contributed by atoms with Crippen LogP contribution in [0.2, 0.25) is 0 Å². The third-order valence-electron chi connectivity index (χ3n) is 6.06. The summed E-state index contributed by atoms with van der Waals surface area (Å²) >= 11 is 0. The Labute approximate surface area is 126 Å². The van der Waals surface area contributed by atoms with Crippen molar-refractivity contribution in [2.45, 2.75) is 63.5 Å². The second kappa shape index (κ2) is 4.28. The van der Waals surface area contributed by atoms with Gasteiger partial charge in [0, 0.05) is 18.0 Å². The Balaban J connectivity index is 1.72. The zero-order chi connectivity index (χ0) is 13.9. The highest BCUT2D eigenvalue weighted by molar-refractivity contribution is 5.69. The summed E-state index contributed by atoms with van der Waals surface area (Å²) in [7, 11) is 0. The first-order chi connectivity index (χ1) is 10.4. The second-order valence-corrected chi connectivity index (χ2v) is 7.15. The predicted molar refractivity (Wildman–Crippen MR) is 84.3 cm³/mol. The molecular formula is C19H23NO. The summed E-state index contributed by atoms with van der Waals surface area (Å²) in [4.78, 5) is 2.64. The standard InChI is InChI=1S/C19H23NO/c1-2-9-16-14(7-1)13-15-8-5-6-12-19(15)20(16)17-10-3-4-11-18(17)21-19/h3-4,10-11,15H,1-2,5-9,12-13H2/t15-,19-/m0/s1. The van der Waals surface area contributed by atoms with E-state index >= 15 is 0 Å². The molecule has 0 amide bonds. The van der Waals surface area contributed by atoms with Crippen molar-refractivity contribution in [3.63, 3.8) is 0 Å². The molecular weight excluding hydrogens is 258 g/mol. The van der Waals surface area contributed by atoms with Gasteiger partial charge in [0.15, 0.2) is 5.72 Å². The van der Waals surface area contributed by atoms with Crippen molar-refractivity contribution in [1.82, 2.24) is 0 Å². The van der Waals surface area contributed by atoms with Gasteiger partial charge in [-0.3, -0.25) is 0 Å². The van der Waals surface area contributed by atoms with Crippen molar-refractivity contribution in [3.8, 4) is 5.75 Å². The minimum atomic E-state index is -0.0435. The first-order valence-corrected chi connectivity index (χ1v) is 8.68. The lowest BCUT2D eigenvalue weighted by Gasteiger charge is -2.52. The predicted octanol–water partition coefficient (Wildman–Crippen LogP) is 5.00. The van der Waals surface area contributed by atoms with Crippen LogP contribution in [0.3, 0.4) is 0 Å². The van der Waals surface area contributed by atoms with E-state index in [0.29, 0.717) is 5.92 Å². The SMILES string of the molecule is c1ccc2c(c1)O[C@@]13CCCC[C@H]1CC1=C(CCCC1)N23. The molecule has 5 rings (SSSR count). The van der Waals surface area contributed by atoms with Crippen LogP contribution in [0.5, 0.6) is 5.75 Å². The van der Waals surface area contributed by atoms with Crippen LogP contribution in [0.4, 0.5) is 5.69 Å². The average Bonchev–Trinajstić information content (AvgIpc) is 2.87. The number of anilines is 1. The Hall–Kier alpha value is -1.44. The average molecular weight is 281 g/mol. The van der Waals surface area contributed by atoms with E-state index in [2.05, 4.69) is 29.2 Å². The van der Waals surface area contributed by atoms with Crippen molar-refractivity contribution in [2.75, 3.05) is 4.90 Å². The fourth-order valence-electron chi connectivity index (χ4n) is 5.17. The molecule has 1 spiro atoms. The van der Waals surface area contributed by atoms with Crippen LogP contribution in [0.15, 0.2) is 35.5 Å². The van der Waals surface area contributed by atoms with Gasteiger partial charge in [-0.15, -0.1) is 0 Å². The van der Waals surface area contributed by atoms with Gasteiger partial charge in [0.2, 0.25) is 0 Å². The number of fused-ring (bicyclic) bond motifs is 3. The summed E-state index contributed by atoms with van der Waals surface area (Å²) in [6.45, 7) is 0. The fourth-order valence-corrected chi connectivity index (χ4v) is 5.17. The molecule has 2 heterocycles. The molecule has 2 atom stereocenters. The van der Waals surface area contributed by atoms with Gasteiger partial charge >= 0.3 is 0 Å². The minimum Gasteiger partial charge on any atom is -0.465 e. The van der Waals surface area contributed by atoms with Gasteiger partial charge in [0.05, 0.1) is 5.69 Å². The molecule has 1 aromatic carbocycles. The summed E-state index contributed by atoms with van der Waals surface area (Å²) in [5, 5.41) is 0. The van der Waals surface area contributed by atoms with E-state index in [1.165, 1.54) is 63.5 Å². The molecule has 21 heavy (non-hydrogen) atoms. The molecule has 1 aromatic rings. The third kappa shape index (κ3) is 1.54. The van der Waals surface area contributed by atoms with E-state index in [-0.39, 0.29) is 5.72 Å². The number of nitrogens with zero attached hydrogens (tertiary/aromatic N) is 1. The number of allylic oxidation sites excluding steroid dienone is 2. The molecule has 0 radical (unpaired) electrons. The molecule has 0 aromatic heterocycles. The maximum atomic E-state index is 6.64. The van der Waals surface area contributed by atoms with Crippen molar-refractivity contribution < 1.29 is 4.74 Å². The quantitative estimate of drug-likeness (QED) is 0.663. The fraction of sp³-hybridized carbons (Fsp3) is 0.579. The number of benzene rings is 1. The van der Waals surface area contributed by atoms with Crippen LogP contribution >= 0.6 is 0 Å². The van der Waals surface area contributed by atoms with Gasteiger partial charge < -0.3 is 9.64 Å². The van der Waals surface area contributed by atoms with Crippen LogP contribution in [0, 0.1) is 5.92 Å². The smallest absolute Gasteiger partial charge is 0.190 e. The van der Waals surface area contributed by atoms with Crippen molar-refractivity contribution >= 4 is 5.69 Å². The van der Waals surface area contributed by atoms with Gasteiger partial charge in [0.25, 0.3) is 0 Å². The van der Waals surface area contributed by atoms with Crippen molar-refractivity contribution in [2.24, 2.45) is 5.92 Å². The molecule has 0 N–H and O–H groups in total. The number of hydrogen-bond donors (Lipinski definition) is 0. The first kappa shape index (κ1) is 12.1. The number of ether oxygens (including phenoxy) is 1. The molecule has 1 saturated carbocycles. The topological polar surface area (TPSA) is 12.5 Å². The molecule has 2 nitrogen and oxygen atoms in total. The third-order valence-corrected chi connectivity index (χ3v) is 6.06. The van der Waals surface area contributed by atoms with Gasteiger partial charge in [-0.1, -0.05) is 24.1 Å². The molecule has 110 valence electrons. The Morgan fingerprint density at radius 2 is 1.95 bits per heavy atom. The Morgan fingerprint density at radius 3 is 2.95 bits per heavy atom. The van der Waals surface area contributed by atoms with Gasteiger partial charge in [-0.05, 0) is 57.1 Å². The lowest BCUT2D eigenvalue weighted by molar-refractivity contribution is -0.0127. The Bertz CT molecular complexity index is 620. The number of rotatable bonds is 0. The molecule has 1 fully saturated rings. The van der Waals surface area contributed by atoms with E-state index in [1.807, 2.05) is 0 Å². The van der Waals surface area contributed by atoms with E-state index in [0.717, 1.165) is 5.75 Å². The highest BCUT2D eigenvalue weighted by Crippen LogP contribution is 2.58. The van der Waals surface area contributed by atoms with Crippen LogP contribution in [-0.4, -0.2) is 5.72 Å². The molecule has 4 aliphatic rings. The van der Waals surface area contributed by atoms with E-state index in [9.17, 15) is 0 Å². The highest BCUT2D eigenvalue weighted by Gasteiger charge is 2.56. The summed E-state index contributed by atoms with van der Waals surface area (Å²) in [6.07, 6.45) is 11.8. The van der Waals surface area contributed by atoms with Crippen LogP contribution in [0.1, 0.15) is 57.8 Å². The van der Waals surface area contributed by atoms with Crippen LogP contribution in [-0.2, 0) is 0 Å². The maximum Gasteiger partial charge on any atom is 0.190 e. The van der Waals surface area contributed by atoms with Crippen molar-refractivity contribution in [1.29, 1.82) is 0 Å². The second-order valence-electron chi connectivity index (χ2n) is 7.15. The zero-order valence-electron chi connectivity index (χ0n) is 12.6. The van der Waals surface area contributed by atoms with Crippen LogP contribution < -0.4 is 9.64 Å². The van der Waals surface area contributed by atoms with Crippen LogP contribution in [0.25, 0.3) is 0 Å². The summed E-state index contributed by atoms with van der Waals surface area (Å²) in [6, 6.07) is 8.70. The van der Waals surface area contributed by atoms with Gasteiger partial charge in [-0.2, -0.15) is 0 Å². The van der Waals surface area contributed by atoms with Gasteiger partial charge in [0.1, 0.15) is 5.75 Å². The Morgan fingerprint density at radius 1 is 1.05 bits per heavy atom. The Kier molecular flexibility index (Phi) is 2.47. The van der Waals surface area contributed by atoms with E-state index in [1.54, 1.807) is 11.3 Å². The molecule has 0 saturated heterocycles. The molecule has 2 aliphatic heterocycles. The number of para-hydroxylation sites is 2.